The van der Waals surface area contributed by atoms with E-state index >= 15 is 0 Å². The van der Waals surface area contributed by atoms with Gasteiger partial charge in [-0.1, -0.05) is 0 Å². The zero-order valence-corrected chi connectivity index (χ0v) is 18.6. The van der Waals surface area contributed by atoms with Crippen molar-refractivity contribution in [1.29, 1.82) is 0 Å². The summed E-state index contributed by atoms with van der Waals surface area (Å²) in [7, 11) is 0. The molecule has 5 rings (SSSR count). The maximum Gasteiger partial charge on any atom is 0.255 e. The second-order valence-electron chi connectivity index (χ2n) is 9.03. The summed E-state index contributed by atoms with van der Waals surface area (Å²) in [6.45, 7) is 5.10. The smallest absolute Gasteiger partial charge is 0.255 e. The topological polar surface area (TPSA) is 83.5 Å². The van der Waals surface area contributed by atoms with Gasteiger partial charge >= 0.3 is 0 Å². The van der Waals surface area contributed by atoms with E-state index in [4.69, 9.17) is 9.72 Å². The number of hydrogen-bond acceptors (Lipinski definition) is 7. The third-order valence-electron chi connectivity index (χ3n) is 6.78. The zero-order chi connectivity index (χ0) is 21.8. The van der Waals surface area contributed by atoms with Crippen LogP contribution in [0.1, 0.15) is 60.5 Å². The molecule has 3 aliphatic heterocycles. The van der Waals surface area contributed by atoms with Gasteiger partial charge in [-0.05, 0) is 56.7 Å². The summed E-state index contributed by atoms with van der Waals surface area (Å²) in [6, 6.07) is 6.13. The minimum Gasteiger partial charge on any atom is -0.381 e. The van der Waals surface area contributed by atoms with Crippen LogP contribution in [0.4, 0.5) is 11.8 Å². The summed E-state index contributed by atoms with van der Waals surface area (Å²) in [5, 5.41) is 3.51. The number of pyridine rings is 1. The van der Waals surface area contributed by atoms with Gasteiger partial charge in [-0.25, -0.2) is 15.0 Å². The van der Waals surface area contributed by atoms with E-state index in [9.17, 15) is 4.79 Å². The van der Waals surface area contributed by atoms with Gasteiger partial charge in [0.05, 0.1) is 5.56 Å². The van der Waals surface area contributed by atoms with Crippen molar-refractivity contribution >= 4 is 17.7 Å². The van der Waals surface area contributed by atoms with Crippen molar-refractivity contribution in [2.75, 3.05) is 49.6 Å². The number of hydrogen-bond donors (Lipinski definition) is 1. The van der Waals surface area contributed by atoms with Gasteiger partial charge in [-0.3, -0.25) is 4.79 Å². The van der Waals surface area contributed by atoms with Gasteiger partial charge in [-0.15, -0.1) is 0 Å². The Morgan fingerprint density at radius 2 is 1.84 bits per heavy atom. The molecule has 2 aromatic heterocycles. The number of anilines is 2. The first-order valence-electron chi connectivity index (χ1n) is 11.9. The Kier molecular flexibility index (Phi) is 6.48. The molecule has 1 unspecified atom stereocenters. The van der Waals surface area contributed by atoms with Crippen molar-refractivity contribution in [3.8, 4) is 0 Å². The largest absolute Gasteiger partial charge is 0.381 e. The lowest BCUT2D eigenvalue weighted by Gasteiger charge is -2.26. The molecule has 1 N–H and O–H groups in total. The van der Waals surface area contributed by atoms with Crippen LogP contribution in [0.5, 0.6) is 0 Å². The number of aromatic nitrogens is 3. The van der Waals surface area contributed by atoms with Crippen molar-refractivity contribution in [2.24, 2.45) is 0 Å². The molecule has 3 fully saturated rings. The number of nitrogens with zero attached hydrogens (tertiary/aromatic N) is 5. The molecule has 3 aliphatic rings. The fourth-order valence-electron chi connectivity index (χ4n) is 4.89. The predicted octanol–water partition coefficient (Wildman–Crippen LogP) is 3.08. The van der Waals surface area contributed by atoms with Gasteiger partial charge in [0.1, 0.15) is 5.82 Å². The van der Waals surface area contributed by atoms with Crippen LogP contribution in [-0.4, -0.2) is 71.2 Å². The highest BCUT2D eigenvalue weighted by Gasteiger charge is 2.26. The second kappa shape index (κ2) is 9.81. The first kappa shape index (κ1) is 21.1. The first-order valence-corrected chi connectivity index (χ1v) is 11.9. The van der Waals surface area contributed by atoms with Gasteiger partial charge < -0.3 is 19.9 Å². The van der Waals surface area contributed by atoms with Gasteiger partial charge in [0.2, 0.25) is 5.95 Å². The Hall–Kier alpha value is -2.74. The van der Waals surface area contributed by atoms with Gasteiger partial charge in [-0.2, -0.15) is 0 Å². The number of rotatable bonds is 5. The molecule has 0 spiro atoms. The molecule has 0 aliphatic carbocycles. The van der Waals surface area contributed by atoms with Crippen LogP contribution in [0.15, 0.2) is 30.6 Å². The summed E-state index contributed by atoms with van der Waals surface area (Å²) in [5.74, 6) is 2.19. The van der Waals surface area contributed by atoms with Crippen LogP contribution in [-0.2, 0) is 4.74 Å². The van der Waals surface area contributed by atoms with E-state index in [1.54, 1.807) is 6.20 Å². The molecule has 2 aromatic rings. The summed E-state index contributed by atoms with van der Waals surface area (Å²) in [6.07, 6.45) is 10.1. The highest BCUT2D eigenvalue weighted by Crippen LogP contribution is 2.27. The van der Waals surface area contributed by atoms with Crippen LogP contribution in [0.3, 0.4) is 0 Å². The Bertz CT molecular complexity index is 909. The second-order valence-corrected chi connectivity index (χ2v) is 9.03. The van der Waals surface area contributed by atoms with Crippen LogP contribution in [0, 0.1) is 0 Å². The molecule has 0 saturated carbocycles. The van der Waals surface area contributed by atoms with Crippen LogP contribution < -0.4 is 10.2 Å². The van der Waals surface area contributed by atoms with Crippen LogP contribution in [0.25, 0.3) is 0 Å². The lowest BCUT2D eigenvalue weighted by Crippen LogP contribution is -2.35. The van der Waals surface area contributed by atoms with Crippen molar-refractivity contribution in [3.63, 3.8) is 0 Å². The first-order chi connectivity index (χ1) is 15.8. The molecule has 5 heterocycles. The SMILES string of the molecule is O=C(c1ccc(NC2CCN(c3nccc(C4CCOCC4)n3)C2)nc1)N1CCCCC1. The number of carbonyl (C=O) groups excluding carboxylic acids is 1. The van der Waals surface area contributed by atoms with Crippen LogP contribution >= 0.6 is 0 Å². The maximum absolute atomic E-state index is 12.6. The fraction of sp³-hybridized carbons (Fsp3) is 0.583. The molecule has 8 nitrogen and oxygen atoms in total. The van der Waals surface area contributed by atoms with E-state index in [0.29, 0.717) is 11.5 Å². The van der Waals surface area contributed by atoms with Gasteiger partial charge in [0.15, 0.2) is 0 Å². The van der Waals surface area contributed by atoms with E-state index in [1.807, 2.05) is 29.3 Å². The molecule has 32 heavy (non-hydrogen) atoms. The Labute approximate surface area is 189 Å². The van der Waals surface area contributed by atoms with Crippen molar-refractivity contribution in [2.45, 2.75) is 50.5 Å². The molecule has 170 valence electrons. The molecule has 1 amide bonds. The molecule has 1 atom stereocenters. The average Bonchev–Trinajstić information content (AvgIpc) is 3.34. The number of piperidine rings is 1. The molecule has 8 heteroatoms. The number of likely N-dealkylation sites (tertiary alicyclic amines) is 1. The summed E-state index contributed by atoms with van der Waals surface area (Å²) < 4.78 is 5.48. The predicted molar refractivity (Wildman–Crippen MR) is 123 cm³/mol. The minimum absolute atomic E-state index is 0.0948. The number of ether oxygens (including phenoxy) is 1. The lowest BCUT2D eigenvalue weighted by molar-refractivity contribution is 0.0724. The third-order valence-corrected chi connectivity index (χ3v) is 6.78. The fourth-order valence-corrected chi connectivity index (χ4v) is 4.89. The number of amides is 1. The highest BCUT2D eigenvalue weighted by atomic mass is 16.5. The summed E-state index contributed by atoms with van der Waals surface area (Å²) >= 11 is 0. The molecule has 0 bridgehead atoms. The quantitative estimate of drug-likeness (QED) is 0.771. The van der Waals surface area contributed by atoms with Crippen LogP contribution in [0.2, 0.25) is 0 Å². The van der Waals surface area contributed by atoms with E-state index in [-0.39, 0.29) is 11.9 Å². The average molecular weight is 437 g/mol. The third kappa shape index (κ3) is 4.85. The van der Waals surface area contributed by atoms with Gasteiger partial charge in [0.25, 0.3) is 5.91 Å². The molecule has 0 radical (unpaired) electrons. The van der Waals surface area contributed by atoms with E-state index < -0.39 is 0 Å². The zero-order valence-electron chi connectivity index (χ0n) is 18.6. The Morgan fingerprint density at radius 3 is 2.62 bits per heavy atom. The Balaban J connectivity index is 1.17. The summed E-state index contributed by atoms with van der Waals surface area (Å²) in [5.41, 5.74) is 1.80. The van der Waals surface area contributed by atoms with E-state index in [2.05, 4.69) is 20.2 Å². The number of nitrogens with one attached hydrogen (secondary N) is 1. The van der Waals surface area contributed by atoms with E-state index in [0.717, 1.165) is 89.0 Å². The minimum atomic E-state index is 0.0948. The van der Waals surface area contributed by atoms with E-state index in [1.165, 1.54) is 6.42 Å². The van der Waals surface area contributed by atoms with Crippen molar-refractivity contribution in [1.82, 2.24) is 19.9 Å². The molecular weight excluding hydrogens is 404 g/mol. The monoisotopic (exact) mass is 436 g/mol. The number of carbonyl (C=O) groups is 1. The van der Waals surface area contributed by atoms with Crippen molar-refractivity contribution < 1.29 is 9.53 Å². The van der Waals surface area contributed by atoms with Gasteiger partial charge in [0, 0.05) is 69.4 Å². The van der Waals surface area contributed by atoms with Crippen molar-refractivity contribution in [3.05, 3.63) is 41.9 Å². The normalized spacial score (nSPS) is 22.2. The molecule has 0 aromatic carbocycles. The Morgan fingerprint density at radius 1 is 1.00 bits per heavy atom. The molecule has 3 saturated heterocycles. The summed E-state index contributed by atoms with van der Waals surface area (Å²) in [4.78, 5) is 30.7. The molecular formula is C24H32N6O2. The highest BCUT2D eigenvalue weighted by molar-refractivity contribution is 5.94. The standard InChI is InChI=1S/C24H32N6O2/c31-23(29-11-2-1-3-12-29)19-4-5-22(26-16-19)27-20-7-13-30(17-20)24-25-10-6-21(28-24)18-8-14-32-15-9-18/h4-6,10,16,18,20H,1-3,7-9,11-15,17H2,(H,26,27). The maximum atomic E-state index is 12.6. The lowest BCUT2D eigenvalue weighted by atomic mass is 9.96.